The van der Waals surface area contributed by atoms with Gasteiger partial charge in [0.15, 0.2) is 5.78 Å². The molecule has 3 aliphatic carbocycles. The lowest BCUT2D eigenvalue weighted by Crippen LogP contribution is -2.34. The summed E-state index contributed by atoms with van der Waals surface area (Å²) in [4.78, 5) is 12.8. The van der Waals surface area contributed by atoms with Gasteiger partial charge in [0.05, 0.1) is 0 Å². The van der Waals surface area contributed by atoms with E-state index in [1.807, 2.05) is 0 Å². The Hall–Kier alpha value is -1.11. The molecule has 0 radical (unpaired) electrons. The van der Waals surface area contributed by atoms with E-state index in [1.54, 1.807) is 5.56 Å². The molecule has 4 rings (SSSR count). The summed E-state index contributed by atoms with van der Waals surface area (Å²) in [7, 11) is 0. The van der Waals surface area contributed by atoms with Crippen LogP contribution in [-0.4, -0.2) is 5.78 Å². The summed E-state index contributed by atoms with van der Waals surface area (Å²) in [6, 6.07) is 2.48. The number of aryl methyl sites for hydroxylation is 1. The highest BCUT2D eigenvalue weighted by atomic mass is 16.1. The molecule has 0 amide bonds. The molecule has 0 saturated heterocycles. The van der Waals surface area contributed by atoms with Crippen LogP contribution in [0.1, 0.15) is 104 Å². The number of carbonyl (C=O) groups is 1. The fraction of sp³-hybridized carbons (Fsp3) is 0.682. The molecule has 1 fully saturated rings. The van der Waals surface area contributed by atoms with E-state index in [2.05, 4.69) is 33.8 Å². The maximum atomic E-state index is 12.8. The van der Waals surface area contributed by atoms with Crippen molar-refractivity contribution in [2.45, 2.75) is 84.5 Å². The summed E-state index contributed by atoms with van der Waals surface area (Å²) in [5.41, 5.74) is 7.42. The topological polar surface area (TPSA) is 17.1 Å². The van der Waals surface area contributed by atoms with E-state index in [0.717, 1.165) is 18.4 Å². The Bertz CT molecular complexity index is 669. The van der Waals surface area contributed by atoms with Gasteiger partial charge in [0.2, 0.25) is 0 Å². The van der Waals surface area contributed by atoms with Crippen LogP contribution in [0.2, 0.25) is 0 Å². The number of carbonyl (C=O) groups excluding carboxylic acids is 1. The van der Waals surface area contributed by atoms with Crippen LogP contribution in [0.3, 0.4) is 0 Å². The first-order chi connectivity index (χ1) is 10.9. The minimum absolute atomic E-state index is 0.429. The van der Waals surface area contributed by atoms with Crippen LogP contribution in [0.5, 0.6) is 0 Å². The van der Waals surface area contributed by atoms with Crippen LogP contribution in [0.4, 0.5) is 0 Å². The predicted octanol–water partition coefficient (Wildman–Crippen LogP) is 5.93. The number of fused-ring (bicyclic) bond motifs is 5. The lowest BCUT2D eigenvalue weighted by molar-refractivity contribution is 0.0980. The van der Waals surface area contributed by atoms with Crippen LogP contribution in [-0.2, 0) is 6.42 Å². The second-order valence-electron chi connectivity index (χ2n) is 8.98. The number of benzene rings is 1. The second-order valence-corrected chi connectivity index (χ2v) is 8.98. The highest BCUT2D eigenvalue weighted by Gasteiger charge is 2.44. The first-order valence-corrected chi connectivity index (χ1v) is 9.62. The van der Waals surface area contributed by atoms with Gasteiger partial charge < -0.3 is 0 Å². The summed E-state index contributed by atoms with van der Waals surface area (Å²) in [5, 5.41) is 0. The van der Waals surface area contributed by atoms with E-state index in [0.29, 0.717) is 29.0 Å². The quantitative estimate of drug-likeness (QED) is 0.628. The second kappa shape index (κ2) is 5.19. The van der Waals surface area contributed by atoms with E-state index in [-0.39, 0.29) is 0 Å². The summed E-state index contributed by atoms with van der Waals surface area (Å²) in [6.45, 7) is 9.29. The average Bonchev–Trinajstić information content (AvgIpc) is 2.86. The van der Waals surface area contributed by atoms with Crippen molar-refractivity contribution in [3.63, 3.8) is 0 Å². The molecule has 0 aliphatic heterocycles. The van der Waals surface area contributed by atoms with Gasteiger partial charge in [-0.1, -0.05) is 39.7 Å². The number of ketones is 1. The maximum Gasteiger partial charge on any atom is 0.164 e. The molecule has 1 aromatic carbocycles. The van der Waals surface area contributed by atoms with Crippen LogP contribution in [0.25, 0.3) is 0 Å². The fourth-order valence-electron chi connectivity index (χ4n) is 5.89. The summed E-state index contributed by atoms with van der Waals surface area (Å²) in [6.07, 6.45) is 8.59. The van der Waals surface area contributed by atoms with E-state index in [4.69, 9.17) is 0 Å². The van der Waals surface area contributed by atoms with Gasteiger partial charge in [0.25, 0.3) is 0 Å². The Morgan fingerprint density at radius 2 is 2.00 bits per heavy atom. The Morgan fingerprint density at radius 1 is 1.22 bits per heavy atom. The molecular formula is C22H30O. The van der Waals surface area contributed by atoms with Crippen molar-refractivity contribution in [2.75, 3.05) is 0 Å². The number of hydrogen-bond acceptors (Lipinski definition) is 1. The third-order valence-electron chi connectivity index (χ3n) is 7.23. The van der Waals surface area contributed by atoms with E-state index < -0.39 is 0 Å². The monoisotopic (exact) mass is 310 g/mol. The Balaban J connectivity index is 1.90. The Kier molecular flexibility index (Phi) is 3.48. The smallest absolute Gasteiger partial charge is 0.164 e. The zero-order valence-corrected chi connectivity index (χ0v) is 15.2. The van der Waals surface area contributed by atoms with Crippen molar-refractivity contribution in [1.82, 2.24) is 0 Å². The molecule has 0 spiro atoms. The van der Waals surface area contributed by atoms with Crippen LogP contribution < -0.4 is 0 Å². The average molecular weight is 310 g/mol. The van der Waals surface area contributed by atoms with Crippen LogP contribution in [0.15, 0.2) is 6.07 Å². The zero-order chi connectivity index (χ0) is 16.4. The minimum atomic E-state index is 0.429. The van der Waals surface area contributed by atoms with Gasteiger partial charge in [0.1, 0.15) is 0 Å². The van der Waals surface area contributed by atoms with Gasteiger partial charge in [-0.25, -0.2) is 0 Å². The molecule has 1 saturated carbocycles. The molecule has 0 aromatic heterocycles. The van der Waals surface area contributed by atoms with E-state index >= 15 is 0 Å². The predicted molar refractivity (Wildman–Crippen MR) is 95.3 cm³/mol. The van der Waals surface area contributed by atoms with Crippen molar-refractivity contribution >= 4 is 5.78 Å². The highest BCUT2D eigenvalue weighted by molar-refractivity contribution is 6.03. The molecule has 23 heavy (non-hydrogen) atoms. The minimum Gasteiger partial charge on any atom is -0.294 e. The molecule has 1 aromatic rings. The molecule has 1 unspecified atom stereocenters. The largest absolute Gasteiger partial charge is 0.294 e. The lowest BCUT2D eigenvalue weighted by Gasteiger charge is -2.47. The van der Waals surface area contributed by atoms with Gasteiger partial charge in [-0.15, -0.1) is 0 Å². The summed E-state index contributed by atoms with van der Waals surface area (Å²) >= 11 is 0. The van der Waals surface area contributed by atoms with Crippen LogP contribution >= 0.6 is 0 Å². The third kappa shape index (κ3) is 2.15. The normalized spacial score (nSPS) is 32.7. The van der Waals surface area contributed by atoms with Gasteiger partial charge >= 0.3 is 0 Å². The van der Waals surface area contributed by atoms with Gasteiger partial charge in [-0.2, -0.15) is 0 Å². The number of hydrogen-bond donors (Lipinski definition) is 0. The Morgan fingerprint density at radius 3 is 2.74 bits per heavy atom. The van der Waals surface area contributed by atoms with Gasteiger partial charge in [-0.3, -0.25) is 4.79 Å². The molecule has 124 valence electrons. The molecule has 0 N–H and O–H groups in total. The van der Waals surface area contributed by atoms with Crippen molar-refractivity contribution in [2.24, 2.45) is 11.3 Å². The van der Waals surface area contributed by atoms with Crippen molar-refractivity contribution in [1.29, 1.82) is 0 Å². The van der Waals surface area contributed by atoms with Crippen molar-refractivity contribution < 1.29 is 4.79 Å². The third-order valence-corrected chi connectivity index (χ3v) is 7.23. The molecule has 1 heteroatoms. The van der Waals surface area contributed by atoms with Gasteiger partial charge in [0, 0.05) is 12.0 Å². The maximum absolute atomic E-state index is 12.8. The molecule has 0 heterocycles. The highest BCUT2D eigenvalue weighted by Crippen LogP contribution is 2.56. The Labute approximate surface area is 140 Å². The first kappa shape index (κ1) is 15.4. The summed E-state index contributed by atoms with van der Waals surface area (Å²) < 4.78 is 0. The number of rotatable bonds is 1. The standard InChI is InChI=1S/C22H30O/c1-13(2)16-12-19(23)21-15-8-10-22(4)9-6-5-7-18(22)17(15)11-14(3)20(16)21/h11,13,16,18H,5-10,12H2,1-4H3/t16?,18-,22-/m0/s1. The van der Waals surface area contributed by atoms with Crippen molar-refractivity contribution in [3.05, 3.63) is 33.9 Å². The lowest BCUT2D eigenvalue weighted by atomic mass is 9.58. The SMILES string of the molecule is Cc1cc2c(c3c1C(C(C)C)CC3=O)CC[C@]1(C)CCCC[C@@H]21. The first-order valence-electron chi connectivity index (χ1n) is 9.62. The molecule has 0 bridgehead atoms. The zero-order valence-electron chi connectivity index (χ0n) is 15.2. The molecular weight excluding hydrogens is 280 g/mol. The molecule has 1 nitrogen and oxygen atoms in total. The van der Waals surface area contributed by atoms with Gasteiger partial charge in [-0.05, 0) is 78.0 Å². The van der Waals surface area contributed by atoms with Crippen molar-refractivity contribution in [3.8, 4) is 0 Å². The molecule has 3 atom stereocenters. The summed E-state index contributed by atoms with van der Waals surface area (Å²) in [5.74, 6) is 2.12. The van der Waals surface area contributed by atoms with E-state index in [9.17, 15) is 4.79 Å². The number of Topliss-reactive ketones (excluding diaryl/α,β-unsaturated/α-hetero) is 1. The van der Waals surface area contributed by atoms with Crippen LogP contribution in [0, 0.1) is 18.3 Å². The van der Waals surface area contributed by atoms with E-state index in [1.165, 1.54) is 48.8 Å². The molecule has 3 aliphatic rings. The fourth-order valence-corrected chi connectivity index (χ4v) is 5.89.